The van der Waals surface area contributed by atoms with Crippen molar-refractivity contribution in [2.75, 3.05) is 25.1 Å². The van der Waals surface area contributed by atoms with Crippen molar-refractivity contribution < 1.29 is 14.3 Å². The summed E-state index contributed by atoms with van der Waals surface area (Å²) in [6, 6.07) is 17.2. The van der Waals surface area contributed by atoms with E-state index in [1.54, 1.807) is 59.2 Å². The Morgan fingerprint density at radius 3 is 2.36 bits per heavy atom. The van der Waals surface area contributed by atoms with E-state index in [2.05, 4.69) is 10.2 Å². The van der Waals surface area contributed by atoms with E-state index in [9.17, 15) is 14.4 Å². The summed E-state index contributed by atoms with van der Waals surface area (Å²) in [6.45, 7) is 4.17. The van der Waals surface area contributed by atoms with E-state index in [0.717, 1.165) is 42.1 Å². The zero-order chi connectivity index (χ0) is 29.2. The molecule has 216 valence electrons. The largest absolute Gasteiger partial charge is 0.465 e. The van der Waals surface area contributed by atoms with Crippen LogP contribution in [0.4, 0.5) is 5.95 Å². The highest BCUT2D eigenvalue weighted by Crippen LogP contribution is 2.37. The van der Waals surface area contributed by atoms with Gasteiger partial charge in [0.05, 0.1) is 24.1 Å². The number of ether oxygens (including phenoxy) is 1. The molecule has 2 fully saturated rings. The van der Waals surface area contributed by atoms with Crippen LogP contribution in [0.5, 0.6) is 0 Å². The lowest BCUT2D eigenvalue weighted by Crippen LogP contribution is -2.42. The third-order valence-corrected chi connectivity index (χ3v) is 8.72. The molecule has 4 aromatic rings. The molecule has 2 aromatic heterocycles. The number of aryl methyl sites for hydroxylation is 1. The molecule has 0 bridgehead atoms. The lowest BCUT2D eigenvalue weighted by Gasteiger charge is -2.41. The molecule has 2 aliphatic rings. The molecule has 6 rings (SSSR count). The van der Waals surface area contributed by atoms with Gasteiger partial charge in [0.25, 0.3) is 11.5 Å². The number of hydrogen-bond acceptors (Lipinski definition) is 7. The maximum Gasteiger partial charge on any atom is 0.337 e. The molecule has 1 amide bonds. The molecule has 9 heteroatoms. The Morgan fingerprint density at radius 2 is 1.62 bits per heavy atom. The van der Waals surface area contributed by atoms with Crippen molar-refractivity contribution in [2.24, 2.45) is 11.8 Å². The number of fused-ring (bicyclic) bond motifs is 2. The second-order valence-corrected chi connectivity index (χ2v) is 11.3. The van der Waals surface area contributed by atoms with E-state index in [4.69, 9.17) is 14.7 Å². The van der Waals surface area contributed by atoms with E-state index in [-0.39, 0.29) is 11.5 Å². The fourth-order valence-corrected chi connectivity index (χ4v) is 6.35. The lowest BCUT2D eigenvalue weighted by molar-refractivity contribution is 0.0600. The van der Waals surface area contributed by atoms with Crippen LogP contribution < -0.4 is 15.8 Å². The van der Waals surface area contributed by atoms with Gasteiger partial charge in [0.15, 0.2) is 5.65 Å². The predicted octanol–water partition coefficient (Wildman–Crippen LogP) is 4.82. The van der Waals surface area contributed by atoms with Crippen molar-refractivity contribution in [1.82, 2.24) is 19.9 Å². The van der Waals surface area contributed by atoms with Crippen molar-refractivity contribution >= 4 is 28.9 Å². The van der Waals surface area contributed by atoms with Crippen molar-refractivity contribution in [2.45, 2.75) is 45.6 Å². The van der Waals surface area contributed by atoms with Crippen molar-refractivity contribution in [3.63, 3.8) is 0 Å². The number of methoxy groups -OCH3 is 1. The first-order valence-electron chi connectivity index (χ1n) is 14.6. The molecule has 0 spiro atoms. The van der Waals surface area contributed by atoms with Crippen LogP contribution in [0, 0.1) is 18.8 Å². The summed E-state index contributed by atoms with van der Waals surface area (Å²) in [5, 5.41) is 3.72. The molecule has 1 saturated carbocycles. The van der Waals surface area contributed by atoms with Gasteiger partial charge in [-0.05, 0) is 79.6 Å². The topological polar surface area (TPSA) is 106 Å². The van der Waals surface area contributed by atoms with Gasteiger partial charge in [-0.2, -0.15) is 4.98 Å². The van der Waals surface area contributed by atoms with Crippen molar-refractivity contribution in [3.05, 3.63) is 93.4 Å². The third kappa shape index (κ3) is 5.51. The van der Waals surface area contributed by atoms with Crippen LogP contribution in [-0.2, 0) is 11.3 Å². The van der Waals surface area contributed by atoms with Crippen LogP contribution in [-0.4, -0.2) is 46.6 Å². The number of hydrogen-bond donors (Lipinski definition) is 1. The molecule has 3 heterocycles. The lowest BCUT2D eigenvalue weighted by atomic mass is 9.75. The van der Waals surface area contributed by atoms with Gasteiger partial charge in [0.2, 0.25) is 5.95 Å². The number of benzene rings is 2. The zero-order valence-corrected chi connectivity index (χ0v) is 24.0. The average Bonchev–Trinajstić information content (AvgIpc) is 3.03. The summed E-state index contributed by atoms with van der Waals surface area (Å²) >= 11 is 0. The van der Waals surface area contributed by atoms with Gasteiger partial charge in [-0.1, -0.05) is 31.4 Å². The highest BCUT2D eigenvalue weighted by atomic mass is 16.5. The molecular formula is C33H35N5O4. The SMILES string of the molecule is COC(=O)c1ccc(CNC(=O)c2ccc(-n3c(=O)ccc4c(C)nc(N5CCC6CCCCC6C5)nc43)cc2)cc1. The molecule has 0 radical (unpaired) electrons. The minimum Gasteiger partial charge on any atom is -0.465 e. The van der Waals surface area contributed by atoms with Crippen LogP contribution in [0.2, 0.25) is 0 Å². The van der Waals surface area contributed by atoms with Gasteiger partial charge in [0.1, 0.15) is 0 Å². The van der Waals surface area contributed by atoms with Gasteiger partial charge in [-0.25, -0.2) is 9.78 Å². The number of esters is 1. The minimum atomic E-state index is -0.405. The molecule has 42 heavy (non-hydrogen) atoms. The standard InChI is InChI=1S/C33H35N5O4/c1-21-28-15-16-29(39)38(30(28)36-33(35-21)37-18-17-23-5-3-4-6-26(23)20-37)27-13-11-24(12-14-27)31(40)34-19-22-7-9-25(10-8-22)32(41)42-2/h7-16,23,26H,3-6,17-20H2,1-2H3,(H,34,40). The molecule has 2 atom stereocenters. The zero-order valence-electron chi connectivity index (χ0n) is 24.0. The van der Waals surface area contributed by atoms with E-state index in [0.29, 0.717) is 40.9 Å². The molecule has 1 aliphatic heterocycles. The summed E-state index contributed by atoms with van der Waals surface area (Å²) in [7, 11) is 1.34. The maximum absolute atomic E-state index is 13.2. The second kappa shape index (κ2) is 11.8. The van der Waals surface area contributed by atoms with Crippen LogP contribution in [0.1, 0.15) is 64.1 Å². The van der Waals surface area contributed by atoms with Crippen molar-refractivity contribution in [1.29, 1.82) is 0 Å². The van der Waals surface area contributed by atoms with Gasteiger partial charge in [0, 0.05) is 36.7 Å². The van der Waals surface area contributed by atoms with Crippen LogP contribution >= 0.6 is 0 Å². The number of rotatable bonds is 6. The minimum absolute atomic E-state index is 0.190. The first-order chi connectivity index (χ1) is 20.4. The molecule has 9 nitrogen and oxygen atoms in total. The highest BCUT2D eigenvalue weighted by molar-refractivity contribution is 5.94. The molecule has 2 aromatic carbocycles. The summed E-state index contributed by atoms with van der Waals surface area (Å²) < 4.78 is 6.32. The first-order valence-corrected chi connectivity index (χ1v) is 14.6. The van der Waals surface area contributed by atoms with E-state index in [1.165, 1.54) is 38.9 Å². The second-order valence-electron chi connectivity index (χ2n) is 11.3. The van der Waals surface area contributed by atoms with Crippen LogP contribution in [0.15, 0.2) is 65.5 Å². The average molecular weight is 566 g/mol. The van der Waals surface area contributed by atoms with Crippen molar-refractivity contribution in [3.8, 4) is 5.69 Å². The highest BCUT2D eigenvalue weighted by Gasteiger charge is 2.32. The summed E-state index contributed by atoms with van der Waals surface area (Å²) in [5.41, 5.74) is 3.64. The first kappa shape index (κ1) is 27.6. The number of carbonyl (C=O) groups excluding carboxylic acids is 2. The summed E-state index contributed by atoms with van der Waals surface area (Å²) in [5.74, 6) is 1.52. The normalized spacial score (nSPS) is 18.4. The number of nitrogens with zero attached hydrogens (tertiary/aromatic N) is 4. The Hall–Kier alpha value is -4.53. The number of carbonyl (C=O) groups is 2. The Morgan fingerprint density at radius 1 is 0.905 bits per heavy atom. The number of pyridine rings is 1. The Kier molecular flexibility index (Phi) is 7.73. The Bertz CT molecular complexity index is 1680. The Balaban J connectivity index is 1.22. The summed E-state index contributed by atoms with van der Waals surface area (Å²) in [6.07, 6.45) is 6.39. The third-order valence-electron chi connectivity index (χ3n) is 8.72. The van der Waals surface area contributed by atoms with Crippen LogP contribution in [0.3, 0.4) is 0 Å². The van der Waals surface area contributed by atoms with Gasteiger partial charge in [-0.15, -0.1) is 0 Å². The quantitative estimate of drug-likeness (QED) is 0.334. The number of nitrogens with one attached hydrogen (secondary N) is 1. The Labute approximate surface area is 244 Å². The fraction of sp³-hybridized carbons (Fsp3) is 0.364. The predicted molar refractivity (Wildman–Crippen MR) is 161 cm³/mol. The molecule has 1 N–H and O–H groups in total. The van der Waals surface area contributed by atoms with Crippen LogP contribution in [0.25, 0.3) is 16.7 Å². The molecule has 2 unspecified atom stereocenters. The maximum atomic E-state index is 13.2. The fourth-order valence-electron chi connectivity index (χ4n) is 6.35. The number of piperidine rings is 1. The smallest absolute Gasteiger partial charge is 0.337 e. The van der Waals surface area contributed by atoms with Gasteiger partial charge < -0.3 is 15.0 Å². The van der Waals surface area contributed by atoms with Gasteiger partial charge >= 0.3 is 5.97 Å². The molecular weight excluding hydrogens is 530 g/mol. The summed E-state index contributed by atoms with van der Waals surface area (Å²) in [4.78, 5) is 49.7. The number of aromatic nitrogens is 3. The van der Waals surface area contributed by atoms with Gasteiger partial charge in [-0.3, -0.25) is 14.2 Å². The number of anilines is 1. The monoisotopic (exact) mass is 565 g/mol. The molecule has 1 aliphatic carbocycles. The van der Waals surface area contributed by atoms with E-state index in [1.807, 2.05) is 6.92 Å². The number of amides is 1. The van der Waals surface area contributed by atoms with E-state index < -0.39 is 5.97 Å². The van der Waals surface area contributed by atoms with E-state index >= 15 is 0 Å². The molecule has 1 saturated heterocycles.